The second kappa shape index (κ2) is 12.2. The van der Waals surface area contributed by atoms with Crippen molar-refractivity contribution in [2.45, 2.75) is 19.5 Å². The summed E-state index contributed by atoms with van der Waals surface area (Å²) in [6, 6.07) is 21.4. The molecule has 8 heteroatoms. The Morgan fingerprint density at radius 2 is 1.43 bits per heavy atom. The number of nitrogens with one attached hydrogen (secondary N) is 1. The van der Waals surface area contributed by atoms with Crippen molar-refractivity contribution in [3.63, 3.8) is 0 Å². The number of benzene rings is 2. The number of nitrogens with zero attached hydrogens (tertiary/aromatic N) is 3. The molecular weight excluding hydrogens is 468 g/mol. The van der Waals surface area contributed by atoms with Crippen molar-refractivity contribution in [3.05, 3.63) is 120 Å². The largest absolute Gasteiger partial charge is 0.481 e. The van der Waals surface area contributed by atoms with Crippen LogP contribution in [0.2, 0.25) is 0 Å². The summed E-state index contributed by atoms with van der Waals surface area (Å²) < 4.78 is 0. The number of hydrogen-bond acceptors (Lipinski definition) is 5. The number of pyridine rings is 2. The molecule has 2 aromatic carbocycles. The van der Waals surface area contributed by atoms with Gasteiger partial charge in [0.1, 0.15) is 0 Å². The Hall–Kier alpha value is -4.85. The topological polar surface area (TPSA) is 112 Å². The SMILES string of the molecule is O=C(O)CCN(Cc1cccnc1)C(=O)c1ccccc1-c1ccccc1C(=O)NCc1ccncc1. The van der Waals surface area contributed by atoms with Crippen molar-refractivity contribution < 1.29 is 19.5 Å². The highest BCUT2D eigenvalue weighted by molar-refractivity contribution is 6.06. The number of hydrogen-bond donors (Lipinski definition) is 2. The standard InChI is InChI=1S/C29H26N4O4/c34-27(35)13-17-33(20-22-6-5-14-31-18-22)29(37)26-10-4-2-8-24(26)23-7-1-3-9-25(23)28(36)32-19-21-11-15-30-16-12-21/h1-12,14-16,18H,13,17,19-20H2,(H,32,36)(H,34,35). The highest BCUT2D eigenvalue weighted by Gasteiger charge is 2.23. The third kappa shape index (κ3) is 6.64. The Kier molecular flexibility index (Phi) is 8.33. The number of carbonyl (C=O) groups is 3. The number of carboxylic acids is 1. The van der Waals surface area contributed by atoms with Gasteiger partial charge in [-0.1, -0.05) is 42.5 Å². The third-order valence-electron chi connectivity index (χ3n) is 5.80. The highest BCUT2D eigenvalue weighted by atomic mass is 16.4. The first-order valence-corrected chi connectivity index (χ1v) is 11.8. The summed E-state index contributed by atoms with van der Waals surface area (Å²) in [6.07, 6.45) is 6.42. The zero-order valence-electron chi connectivity index (χ0n) is 20.1. The van der Waals surface area contributed by atoms with E-state index in [0.29, 0.717) is 28.8 Å². The summed E-state index contributed by atoms with van der Waals surface area (Å²) in [6.45, 7) is 0.582. The number of carboxylic acid groups (broad SMARTS) is 1. The quantitative estimate of drug-likeness (QED) is 0.342. The molecule has 2 amide bonds. The average molecular weight is 495 g/mol. The van der Waals surface area contributed by atoms with Gasteiger partial charge in [0.2, 0.25) is 0 Å². The van der Waals surface area contributed by atoms with Crippen LogP contribution in [0.15, 0.2) is 97.6 Å². The van der Waals surface area contributed by atoms with Gasteiger partial charge in [-0.05, 0) is 52.6 Å². The fourth-order valence-electron chi connectivity index (χ4n) is 3.96. The van der Waals surface area contributed by atoms with Crippen LogP contribution in [0.25, 0.3) is 11.1 Å². The third-order valence-corrected chi connectivity index (χ3v) is 5.80. The van der Waals surface area contributed by atoms with Crippen LogP contribution < -0.4 is 5.32 Å². The van der Waals surface area contributed by atoms with Crippen molar-refractivity contribution in [2.24, 2.45) is 0 Å². The van der Waals surface area contributed by atoms with Gasteiger partial charge in [-0.2, -0.15) is 0 Å². The van der Waals surface area contributed by atoms with E-state index >= 15 is 0 Å². The van der Waals surface area contributed by atoms with Crippen LogP contribution in [0.1, 0.15) is 38.3 Å². The van der Waals surface area contributed by atoms with Gasteiger partial charge >= 0.3 is 5.97 Å². The Bertz CT molecular complexity index is 1380. The van der Waals surface area contributed by atoms with E-state index < -0.39 is 5.97 Å². The summed E-state index contributed by atoms with van der Waals surface area (Å²) in [5, 5.41) is 12.2. The number of amides is 2. The van der Waals surface area contributed by atoms with E-state index in [2.05, 4.69) is 15.3 Å². The van der Waals surface area contributed by atoms with Gasteiger partial charge in [-0.15, -0.1) is 0 Å². The van der Waals surface area contributed by atoms with Gasteiger partial charge in [-0.3, -0.25) is 24.4 Å². The molecule has 4 aromatic rings. The van der Waals surface area contributed by atoms with Crippen molar-refractivity contribution in [1.29, 1.82) is 0 Å². The maximum absolute atomic E-state index is 13.8. The molecule has 4 rings (SSSR count). The molecule has 0 aliphatic rings. The van der Waals surface area contributed by atoms with E-state index in [9.17, 15) is 19.5 Å². The van der Waals surface area contributed by atoms with Gasteiger partial charge in [-0.25, -0.2) is 0 Å². The number of rotatable bonds is 10. The van der Waals surface area contributed by atoms with Crippen LogP contribution in [0.3, 0.4) is 0 Å². The summed E-state index contributed by atoms with van der Waals surface area (Å²) in [5.74, 6) is -1.59. The number of carbonyl (C=O) groups excluding carboxylic acids is 2. The summed E-state index contributed by atoms with van der Waals surface area (Å²) in [4.78, 5) is 47.8. The maximum atomic E-state index is 13.8. The molecule has 0 atom stereocenters. The van der Waals surface area contributed by atoms with E-state index in [1.54, 1.807) is 73.3 Å². The molecule has 0 aliphatic carbocycles. The second-order valence-corrected chi connectivity index (χ2v) is 8.36. The second-order valence-electron chi connectivity index (χ2n) is 8.36. The smallest absolute Gasteiger partial charge is 0.305 e. The van der Waals surface area contributed by atoms with Gasteiger partial charge in [0, 0.05) is 55.5 Å². The molecule has 186 valence electrons. The minimum atomic E-state index is -0.992. The van der Waals surface area contributed by atoms with Crippen LogP contribution in [0.5, 0.6) is 0 Å². The lowest BCUT2D eigenvalue weighted by Gasteiger charge is -2.24. The number of aliphatic carboxylic acids is 1. The normalized spacial score (nSPS) is 10.5. The zero-order chi connectivity index (χ0) is 26.0. The highest BCUT2D eigenvalue weighted by Crippen LogP contribution is 2.29. The molecule has 2 heterocycles. The molecule has 0 aliphatic heterocycles. The van der Waals surface area contributed by atoms with Gasteiger partial charge in [0.05, 0.1) is 6.42 Å². The molecule has 0 fully saturated rings. The minimum Gasteiger partial charge on any atom is -0.481 e. The van der Waals surface area contributed by atoms with Crippen LogP contribution in [0.4, 0.5) is 0 Å². The lowest BCUT2D eigenvalue weighted by Crippen LogP contribution is -2.33. The average Bonchev–Trinajstić information content (AvgIpc) is 2.94. The molecule has 8 nitrogen and oxygen atoms in total. The van der Waals surface area contributed by atoms with E-state index in [-0.39, 0.29) is 31.3 Å². The lowest BCUT2D eigenvalue weighted by atomic mass is 9.94. The maximum Gasteiger partial charge on any atom is 0.305 e. The fraction of sp³-hybridized carbons (Fsp3) is 0.138. The molecule has 0 saturated heterocycles. The van der Waals surface area contributed by atoms with E-state index in [1.165, 1.54) is 4.90 Å². The molecule has 0 radical (unpaired) electrons. The molecule has 0 spiro atoms. The van der Waals surface area contributed by atoms with E-state index in [0.717, 1.165) is 11.1 Å². The van der Waals surface area contributed by atoms with Crippen molar-refractivity contribution in [3.8, 4) is 11.1 Å². The predicted octanol–water partition coefficient (Wildman–Crippen LogP) is 4.19. The first kappa shape index (κ1) is 25.2. The monoisotopic (exact) mass is 494 g/mol. The Balaban J connectivity index is 1.64. The lowest BCUT2D eigenvalue weighted by molar-refractivity contribution is -0.137. The predicted molar refractivity (Wildman–Crippen MR) is 139 cm³/mol. The Labute approximate surface area is 214 Å². The molecular formula is C29H26N4O4. The zero-order valence-corrected chi connectivity index (χ0v) is 20.1. The molecule has 2 N–H and O–H groups in total. The molecule has 0 bridgehead atoms. The Morgan fingerprint density at radius 1 is 0.757 bits per heavy atom. The molecule has 0 unspecified atom stereocenters. The summed E-state index contributed by atoms with van der Waals surface area (Å²) >= 11 is 0. The first-order chi connectivity index (χ1) is 18.0. The van der Waals surface area contributed by atoms with Crippen LogP contribution >= 0.6 is 0 Å². The van der Waals surface area contributed by atoms with Gasteiger partial charge < -0.3 is 15.3 Å². The van der Waals surface area contributed by atoms with Crippen LogP contribution in [0, 0.1) is 0 Å². The number of aromatic nitrogens is 2. The molecule has 2 aromatic heterocycles. The van der Waals surface area contributed by atoms with E-state index in [1.807, 2.05) is 24.3 Å². The minimum absolute atomic E-state index is 0.0332. The van der Waals surface area contributed by atoms with E-state index in [4.69, 9.17) is 0 Å². The van der Waals surface area contributed by atoms with Crippen LogP contribution in [-0.4, -0.2) is 44.3 Å². The van der Waals surface area contributed by atoms with Crippen LogP contribution in [-0.2, 0) is 17.9 Å². The first-order valence-electron chi connectivity index (χ1n) is 11.8. The summed E-state index contributed by atoms with van der Waals surface area (Å²) in [7, 11) is 0. The fourth-order valence-corrected chi connectivity index (χ4v) is 3.96. The van der Waals surface area contributed by atoms with Gasteiger partial charge in [0.25, 0.3) is 11.8 Å². The van der Waals surface area contributed by atoms with Crippen molar-refractivity contribution in [2.75, 3.05) is 6.54 Å². The molecule has 0 saturated carbocycles. The van der Waals surface area contributed by atoms with Crippen molar-refractivity contribution >= 4 is 17.8 Å². The summed E-state index contributed by atoms with van der Waals surface area (Å²) in [5.41, 5.74) is 3.72. The Morgan fingerprint density at radius 3 is 2.11 bits per heavy atom. The van der Waals surface area contributed by atoms with Gasteiger partial charge in [0.15, 0.2) is 0 Å². The van der Waals surface area contributed by atoms with Crippen molar-refractivity contribution in [1.82, 2.24) is 20.2 Å². The molecule has 37 heavy (non-hydrogen) atoms.